The summed E-state index contributed by atoms with van der Waals surface area (Å²) in [6, 6.07) is 15.3. The third-order valence-corrected chi connectivity index (χ3v) is 5.42. The highest BCUT2D eigenvalue weighted by molar-refractivity contribution is 7.88. The van der Waals surface area contributed by atoms with E-state index in [-0.39, 0.29) is 25.0 Å². The summed E-state index contributed by atoms with van der Waals surface area (Å²) in [6.45, 7) is 5.82. The standard InChI is InChI=1S/C20H26N2O3S/c1-15-5-9-18(10-6-15)13-22(26(4,24)25)14-20(23)21-17(3)19-11-7-16(2)8-12-19/h5-12,17H,13-14H2,1-4H3,(H,21,23). The predicted molar refractivity (Wildman–Crippen MR) is 104 cm³/mol. The van der Waals surface area contributed by atoms with Gasteiger partial charge in [0, 0.05) is 6.54 Å². The van der Waals surface area contributed by atoms with Gasteiger partial charge in [0.15, 0.2) is 0 Å². The van der Waals surface area contributed by atoms with Gasteiger partial charge in [0.05, 0.1) is 18.8 Å². The smallest absolute Gasteiger partial charge is 0.235 e. The SMILES string of the molecule is Cc1ccc(CN(CC(=O)NC(C)c2ccc(C)cc2)S(C)(=O)=O)cc1. The number of benzene rings is 2. The van der Waals surface area contributed by atoms with Crippen LogP contribution in [0.3, 0.4) is 0 Å². The molecule has 6 heteroatoms. The Morgan fingerprint density at radius 3 is 2.00 bits per heavy atom. The van der Waals surface area contributed by atoms with Crippen molar-refractivity contribution in [3.8, 4) is 0 Å². The zero-order valence-corrected chi connectivity index (χ0v) is 16.5. The fourth-order valence-electron chi connectivity index (χ4n) is 2.57. The molecule has 0 heterocycles. The van der Waals surface area contributed by atoms with Crippen LogP contribution in [0.2, 0.25) is 0 Å². The Kier molecular flexibility index (Phi) is 6.56. The molecule has 0 spiro atoms. The Balaban J connectivity index is 2.04. The number of carbonyl (C=O) groups excluding carboxylic acids is 1. The summed E-state index contributed by atoms with van der Waals surface area (Å²) in [7, 11) is -3.50. The summed E-state index contributed by atoms with van der Waals surface area (Å²) < 4.78 is 25.3. The Hall–Kier alpha value is -2.18. The molecular weight excluding hydrogens is 348 g/mol. The summed E-state index contributed by atoms with van der Waals surface area (Å²) in [5, 5.41) is 2.87. The van der Waals surface area contributed by atoms with Gasteiger partial charge in [0.1, 0.15) is 0 Å². The highest BCUT2D eigenvalue weighted by Gasteiger charge is 2.21. The number of rotatable bonds is 7. The van der Waals surface area contributed by atoms with Crippen LogP contribution in [-0.2, 0) is 21.4 Å². The summed E-state index contributed by atoms with van der Waals surface area (Å²) in [6.07, 6.45) is 1.12. The first-order chi connectivity index (χ1) is 12.1. The summed E-state index contributed by atoms with van der Waals surface area (Å²) in [5.41, 5.74) is 4.08. The minimum absolute atomic E-state index is 0.172. The van der Waals surface area contributed by atoms with Gasteiger partial charge >= 0.3 is 0 Å². The van der Waals surface area contributed by atoms with Crippen LogP contribution < -0.4 is 5.32 Å². The lowest BCUT2D eigenvalue weighted by Gasteiger charge is -2.21. The highest BCUT2D eigenvalue weighted by atomic mass is 32.2. The van der Waals surface area contributed by atoms with Crippen molar-refractivity contribution >= 4 is 15.9 Å². The molecule has 0 radical (unpaired) electrons. The van der Waals surface area contributed by atoms with E-state index in [0.29, 0.717) is 0 Å². The van der Waals surface area contributed by atoms with Crippen molar-refractivity contribution in [3.63, 3.8) is 0 Å². The maximum Gasteiger partial charge on any atom is 0.235 e. The molecule has 0 aliphatic rings. The number of carbonyl (C=O) groups is 1. The lowest BCUT2D eigenvalue weighted by atomic mass is 10.1. The maximum absolute atomic E-state index is 12.4. The minimum Gasteiger partial charge on any atom is -0.348 e. The van der Waals surface area contributed by atoms with E-state index in [1.807, 2.05) is 69.3 Å². The summed E-state index contributed by atoms with van der Waals surface area (Å²) in [4.78, 5) is 12.4. The van der Waals surface area contributed by atoms with E-state index in [1.54, 1.807) is 0 Å². The Morgan fingerprint density at radius 1 is 1.00 bits per heavy atom. The van der Waals surface area contributed by atoms with Crippen molar-refractivity contribution in [1.82, 2.24) is 9.62 Å². The van der Waals surface area contributed by atoms with Crippen LogP contribution in [0.15, 0.2) is 48.5 Å². The first-order valence-corrected chi connectivity index (χ1v) is 10.4. The average Bonchev–Trinajstić information content (AvgIpc) is 2.56. The number of nitrogens with one attached hydrogen (secondary N) is 1. The van der Waals surface area contributed by atoms with Gasteiger partial charge in [0.25, 0.3) is 0 Å². The molecule has 0 saturated heterocycles. The quantitative estimate of drug-likeness (QED) is 0.810. The molecular formula is C20H26N2O3S. The first kappa shape index (κ1) is 20.1. The van der Waals surface area contributed by atoms with E-state index in [0.717, 1.165) is 28.5 Å². The van der Waals surface area contributed by atoms with Gasteiger partial charge < -0.3 is 5.32 Å². The van der Waals surface area contributed by atoms with Crippen molar-refractivity contribution in [2.75, 3.05) is 12.8 Å². The summed E-state index contributed by atoms with van der Waals surface area (Å²) in [5.74, 6) is -0.324. The zero-order chi connectivity index (χ0) is 19.3. The molecule has 0 aliphatic carbocycles. The van der Waals surface area contributed by atoms with Crippen LogP contribution in [0.4, 0.5) is 0 Å². The molecule has 1 atom stereocenters. The van der Waals surface area contributed by atoms with Crippen LogP contribution >= 0.6 is 0 Å². The fraction of sp³-hybridized carbons (Fsp3) is 0.350. The monoisotopic (exact) mass is 374 g/mol. The van der Waals surface area contributed by atoms with Crippen LogP contribution in [0.5, 0.6) is 0 Å². The van der Waals surface area contributed by atoms with Gasteiger partial charge in [-0.15, -0.1) is 0 Å². The Labute approximate surface area is 156 Å². The highest BCUT2D eigenvalue weighted by Crippen LogP contribution is 2.14. The third-order valence-electron chi connectivity index (χ3n) is 4.22. The van der Waals surface area contributed by atoms with Crippen LogP contribution in [0.1, 0.15) is 35.2 Å². The van der Waals surface area contributed by atoms with Crippen LogP contribution in [0, 0.1) is 13.8 Å². The van der Waals surface area contributed by atoms with E-state index in [9.17, 15) is 13.2 Å². The number of sulfonamides is 1. The summed E-state index contributed by atoms with van der Waals surface area (Å²) >= 11 is 0. The van der Waals surface area contributed by atoms with Gasteiger partial charge in [-0.25, -0.2) is 8.42 Å². The molecule has 1 amide bonds. The van der Waals surface area contributed by atoms with E-state index >= 15 is 0 Å². The van der Waals surface area contributed by atoms with Gasteiger partial charge in [0.2, 0.25) is 15.9 Å². The van der Waals surface area contributed by atoms with Crippen LogP contribution in [0.25, 0.3) is 0 Å². The van der Waals surface area contributed by atoms with E-state index < -0.39 is 10.0 Å². The van der Waals surface area contributed by atoms with E-state index in [1.165, 1.54) is 4.31 Å². The van der Waals surface area contributed by atoms with Gasteiger partial charge in [-0.3, -0.25) is 4.79 Å². The van der Waals surface area contributed by atoms with Gasteiger partial charge in [-0.2, -0.15) is 4.31 Å². The molecule has 0 aromatic heterocycles. The second-order valence-electron chi connectivity index (χ2n) is 6.72. The minimum atomic E-state index is -3.50. The molecule has 1 unspecified atom stereocenters. The average molecular weight is 375 g/mol. The van der Waals surface area contributed by atoms with Crippen molar-refractivity contribution < 1.29 is 13.2 Å². The van der Waals surface area contributed by atoms with Crippen LogP contribution in [-0.4, -0.2) is 31.4 Å². The van der Waals surface area contributed by atoms with Crippen molar-refractivity contribution in [3.05, 3.63) is 70.8 Å². The van der Waals surface area contributed by atoms with Crippen molar-refractivity contribution in [1.29, 1.82) is 0 Å². The molecule has 5 nitrogen and oxygen atoms in total. The normalized spacial score (nSPS) is 12.8. The Bertz CT molecular complexity index is 844. The molecule has 0 fully saturated rings. The predicted octanol–water partition coefficient (Wildman–Crippen LogP) is 2.94. The number of hydrogen-bond acceptors (Lipinski definition) is 3. The first-order valence-electron chi connectivity index (χ1n) is 8.52. The molecule has 140 valence electrons. The largest absolute Gasteiger partial charge is 0.348 e. The third kappa shape index (κ3) is 5.97. The fourth-order valence-corrected chi connectivity index (χ4v) is 3.31. The molecule has 0 bridgehead atoms. The molecule has 2 rings (SSSR count). The van der Waals surface area contributed by atoms with Gasteiger partial charge in [-0.05, 0) is 31.9 Å². The molecule has 1 N–H and O–H groups in total. The molecule has 2 aromatic rings. The number of hydrogen-bond donors (Lipinski definition) is 1. The zero-order valence-electron chi connectivity index (χ0n) is 15.7. The lowest BCUT2D eigenvalue weighted by molar-refractivity contribution is -0.122. The van der Waals surface area contributed by atoms with Crippen molar-refractivity contribution in [2.24, 2.45) is 0 Å². The number of nitrogens with zero attached hydrogens (tertiary/aromatic N) is 1. The number of amides is 1. The van der Waals surface area contributed by atoms with Gasteiger partial charge in [-0.1, -0.05) is 59.7 Å². The van der Waals surface area contributed by atoms with Crippen molar-refractivity contribution in [2.45, 2.75) is 33.4 Å². The second-order valence-corrected chi connectivity index (χ2v) is 8.70. The second kappa shape index (κ2) is 8.47. The molecule has 0 aliphatic heterocycles. The number of aryl methyl sites for hydroxylation is 2. The van der Waals surface area contributed by atoms with E-state index in [4.69, 9.17) is 0 Å². The topological polar surface area (TPSA) is 66.5 Å². The molecule has 2 aromatic carbocycles. The lowest BCUT2D eigenvalue weighted by Crippen LogP contribution is -2.40. The Morgan fingerprint density at radius 2 is 1.50 bits per heavy atom. The molecule has 0 saturated carbocycles. The van der Waals surface area contributed by atoms with E-state index in [2.05, 4.69) is 5.32 Å². The molecule has 26 heavy (non-hydrogen) atoms. The maximum atomic E-state index is 12.4.